The molecule has 0 fully saturated rings. The zero-order valence-electron chi connectivity index (χ0n) is 10.8. The number of anilines is 1. The van der Waals surface area contributed by atoms with Crippen molar-refractivity contribution in [1.82, 2.24) is 0 Å². The van der Waals surface area contributed by atoms with Crippen LogP contribution in [0, 0.1) is 10.1 Å². The Morgan fingerprint density at radius 1 is 1.53 bits per heavy atom. The molecule has 0 aromatic heterocycles. The van der Waals surface area contributed by atoms with Crippen LogP contribution in [0.2, 0.25) is 0 Å². The van der Waals surface area contributed by atoms with Crippen LogP contribution < -0.4 is 4.90 Å². The first-order chi connectivity index (χ1) is 8.97. The molecular weight excluding hydrogens is 252 g/mol. The lowest BCUT2D eigenvalue weighted by atomic mass is 10.1. The van der Waals surface area contributed by atoms with E-state index in [0.29, 0.717) is 25.4 Å². The Bertz CT molecular complexity index is 475. The second kappa shape index (κ2) is 6.69. The molecule has 7 nitrogen and oxygen atoms in total. The van der Waals surface area contributed by atoms with Crippen molar-refractivity contribution >= 4 is 17.3 Å². The van der Waals surface area contributed by atoms with Crippen LogP contribution in [-0.2, 0) is 4.74 Å². The van der Waals surface area contributed by atoms with Crippen molar-refractivity contribution in [2.45, 2.75) is 6.92 Å². The molecule has 0 amide bonds. The summed E-state index contributed by atoms with van der Waals surface area (Å²) in [5.41, 5.74) is 0.0438. The van der Waals surface area contributed by atoms with Gasteiger partial charge in [-0.3, -0.25) is 10.1 Å². The highest BCUT2D eigenvalue weighted by Crippen LogP contribution is 2.28. The Labute approximate surface area is 110 Å². The van der Waals surface area contributed by atoms with E-state index < -0.39 is 10.9 Å². The molecule has 1 aromatic rings. The third kappa shape index (κ3) is 3.92. The van der Waals surface area contributed by atoms with Crippen molar-refractivity contribution in [2.24, 2.45) is 0 Å². The highest BCUT2D eigenvalue weighted by Gasteiger charge is 2.19. The largest absolute Gasteiger partial charge is 0.478 e. The first-order valence-electron chi connectivity index (χ1n) is 5.78. The molecule has 0 atom stereocenters. The standard InChI is InChI=1S/C12H16N2O5/c1-3-19-7-6-13(2)10-5-4-9(12(15)16)8-11(10)14(17)18/h4-5,8H,3,6-7H2,1-2H3,(H,15,16). The molecule has 0 radical (unpaired) electrons. The van der Waals surface area contributed by atoms with Gasteiger partial charge in [-0.1, -0.05) is 0 Å². The van der Waals surface area contributed by atoms with Crippen LogP contribution in [0.25, 0.3) is 0 Å². The van der Waals surface area contributed by atoms with Crippen molar-refractivity contribution in [3.05, 3.63) is 33.9 Å². The predicted octanol–water partition coefficient (Wildman–Crippen LogP) is 1.77. The van der Waals surface area contributed by atoms with E-state index >= 15 is 0 Å². The highest BCUT2D eigenvalue weighted by molar-refractivity contribution is 5.89. The fourth-order valence-electron chi connectivity index (χ4n) is 1.59. The minimum Gasteiger partial charge on any atom is -0.478 e. The number of nitrogens with zero attached hydrogens (tertiary/aromatic N) is 2. The van der Waals surface area contributed by atoms with E-state index in [1.54, 1.807) is 11.9 Å². The quantitative estimate of drug-likeness (QED) is 0.460. The van der Waals surface area contributed by atoms with E-state index in [2.05, 4.69) is 0 Å². The zero-order chi connectivity index (χ0) is 14.4. The molecule has 0 unspecified atom stereocenters. The number of benzene rings is 1. The summed E-state index contributed by atoms with van der Waals surface area (Å²) < 4.78 is 5.18. The van der Waals surface area contributed by atoms with E-state index in [1.165, 1.54) is 12.1 Å². The van der Waals surface area contributed by atoms with E-state index in [9.17, 15) is 14.9 Å². The molecule has 1 rings (SSSR count). The Hall–Kier alpha value is -2.15. The topological polar surface area (TPSA) is 92.9 Å². The first-order valence-corrected chi connectivity index (χ1v) is 5.78. The molecule has 0 spiro atoms. The molecule has 0 heterocycles. The van der Waals surface area contributed by atoms with Crippen LogP contribution in [0.5, 0.6) is 0 Å². The Morgan fingerprint density at radius 2 is 2.21 bits per heavy atom. The van der Waals surface area contributed by atoms with E-state index in [0.717, 1.165) is 6.07 Å². The van der Waals surface area contributed by atoms with Crippen LogP contribution in [0.15, 0.2) is 18.2 Å². The third-order valence-corrected chi connectivity index (χ3v) is 2.61. The van der Waals surface area contributed by atoms with Crippen LogP contribution in [0.4, 0.5) is 11.4 Å². The lowest BCUT2D eigenvalue weighted by Gasteiger charge is -2.19. The average molecular weight is 268 g/mol. The number of rotatable bonds is 7. The zero-order valence-corrected chi connectivity index (χ0v) is 10.8. The SMILES string of the molecule is CCOCCN(C)c1ccc(C(=O)O)cc1[N+](=O)[O-]. The molecule has 0 bridgehead atoms. The summed E-state index contributed by atoms with van der Waals surface area (Å²) in [6.07, 6.45) is 0. The Kier molecular flexibility index (Phi) is 5.25. The molecule has 7 heteroatoms. The molecular formula is C12H16N2O5. The van der Waals surface area contributed by atoms with Crippen molar-refractivity contribution in [3.8, 4) is 0 Å². The van der Waals surface area contributed by atoms with Gasteiger partial charge in [0.2, 0.25) is 0 Å². The van der Waals surface area contributed by atoms with Crippen LogP contribution in [0.1, 0.15) is 17.3 Å². The van der Waals surface area contributed by atoms with Gasteiger partial charge < -0.3 is 14.7 Å². The number of carboxylic acids is 1. The summed E-state index contributed by atoms with van der Waals surface area (Å²) in [4.78, 5) is 22.9. The number of ether oxygens (including phenoxy) is 1. The van der Waals surface area contributed by atoms with Gasteiger partial charge in [-0.15, -0.1) is 0 Å². The van der Waals surface area contributed by atoms with Crippen molar-refractivity contribution in [2.75, 3.05) is 31.7 Å². The number of hydrogen-bond acceptors (Lipinski definition) is 5. The number of nitro groups is 1. The Balaban J connectivity index is 2.99. The monoisotopic (exact) mass is 268 g/mol. The van der Waals surface area contributed by atoms with Crippen LogP contribution in [-0.4, -0.2) is 42.8 Å². The molecule has 0 aliphatic rings. The maximum atomic E-state index is 11.0. The maximum Gasteiger partial charge on any atom is 0.335 e. The highest BCUT2D eigenvalue weighted by atomic mass is 16.6. The van der Waals surface area contributed by atoms with Crippen LogP contribution >= 0.6 is 0 Å². The van der Waals surface area contributed by atoms with Gasteiger partial charge in [-0.25, -0.2) is 4.79 Å². The molecule has 0 aliphatic carbocycles. The molecule has 104 valence electrons. The molecule has 1 N–H and O–H groups in total. The summed E-state index contributed by atoms with van der Waals surface area (Å²) >= 11 is 0. The van der Waals surface area contributed by atoms with Gasteiger partial charge in [0.15, 0.2) is 0 Å². The normalized spacial score (nSPS) is 10.2. The van der Waals surface area contributed by atoms with Gasteiger partial charge in [0.25, 0.3) is 5.69 Å². The summed E-state index contributed by atoms with van der Waals surface area (Å²) in [5.74, 6) is -1.19. The van der Waals surface area contributed by atoms with Crippen molar-refractivity contribution in [3.63, 3.8) is 0 Å². The fourth-order valence-corrected chi connectivity index (χ4v) is 1.59. The van der Waals surface area contributed by atoms with Gasteiger partial charge in [0.1, 0.15) is 5.69 Å². The number of nitro benzene ring substituents is 1. The Morgan fingerprint density at radius 3 is 2.74 bits per heavy atom. The second-order valence-electron chi connectivity index (χ2n) is 3.88. The average Bonchev–Trinajstić information content (AvgIpc) is 2.38. The lowest BCUT2D eigenvalue weighted by Crippen LogP contribution is -2.23. The molecule has 0 saturated heterocycles. The molecule has 19 heavy (non-hydrogen) atoms. The van der Waals surface area contributed by atoms with Gasteiger partial charge in [-0.05, 0) is 19.1 Å². The molecule has 1 aromatic carbocycles. The lowest BCUT2D eigenvalue weighted by molar-refractivity contribution is -0.384. The van der Waals surface area contributed by atoms with E-state index in [4.69, 9.17) is 9.84 Å². The smallest absolute Gasteiger partial charge is 0.335 e. The summed E-state index contributed by atoms with van der Waals surface area (Å²) in [6.45, 7) is 3.38. The van der Waals surface area contributed by atoms with E-state index in [-0.39, 0.29) is 11.3 Å². The summed E-state index contributed by atoms with van der Waals surface area (Å²) in [5, 5.41) is 19.8. The second-order valence-corrected chi connectivity index (χ2v) is 3.88. The summed E-state index contributed by atoms with van der Waals surface area (Å²) in [6, 6.07) is 3.85. The van der Waals surface area contributed by atoms with Gasteiger partial charge in [-0.2, -0.15) is 0 Å². The van der Waals surface area contributed by atoms with Crippen molar-refractivity contribution < 1.29 is 19.6 Å². The summed E-state index contributed by atoms with van der Waals surface area (Å²) in [7, 11) is 1.70. The molecule has 0 aliphatic heterocycles. The minimum atomic E-state index is -1.19. The van der Waals surface area contributed by atoms with Gasteiger partial charge in [0, 0.05) is 26.3 Å². The van der Waals surface area contributed by atoms with Crippen molar-refractivity contribution in [1.29, 1.82) is 0 Å². The first kappa shape index (κ1) is 14.9. The number of hydrogen-bond donors (Lipinski definition) is 1. The number of carbonyl (C=O) groups is 1. The van der Waals surface area contributed by atoms with Gasteiger partial charge in [0.05, 0.1) is 17.1 Å². The number of carboxylic acid groups (broad SMARTS) is 1. The van der Waals surface area contributed by atoms with Crippen LogP contribution in [0.3, 0.4) is 0 Å². The predicted molar refractivity (Wildman–Crippen MR) is 69.8 cm³/mol. The number of likely N-dealkylation sites (N-methyl/N-ethyl adjacent to an activating group) is 1. The number of aromatic carboxylic acids is 1. The third-order valence-electron chi connectivity index (χ3n) is 2.61. The fraction of sp³-hybridized carbons (Fsp3) is 0.417. The van der Waals surface area contributed by atoms with Gasteiger partial charge >= 0.3 is 5.97 Å². The minimum absolute atomic E-state index is 0.103. The maximum absolute atomic E-state index is 11.0. The molecule has 0 saturated carbocycles. The van der Waals surface area contributed by atoms with E-state index in [1.807, 2.05) is 6.92 Å².